The minimum Gasteiger partial charge on any atom is -0.274 e. The molecule has 18 heavy (non-hydrogen) atoms. The normalized spacial score (nSPS) is 28.6. The van der Waals surface area contributed by atoms with Crippen LogP contribution in [0, 0.1) is 24.2 Å². The number of fused-ring (bicyclic) bond motifs is 1. The number of anilines is 1. The van der Waals surface area contributed by atoms with Crippen molar-refractivity contribution in [1.82, 2.24) is 4.98 Å². The van der Waals surface area contributed by atoms with Gasteiger partial charge in [-0.15, -0.1) is 0 Å². The number of carbonyl (C=O) groups excluding carboxylic acids is 2. The van der Waals surface area contributed by atoms with Crippen molar-refractivity contribution in [3.63, 3.8) is 0 Å². The van der Waals surface area contributed by atoms with E-state index in [1.165, 1.54) is 4.90 Å². The zero-order valence-corrected chi connectivity index (χ0v) is 12.0. The molecule has 2 unspecified atom stereocenters. The van der Waals surface area contributed by atoms with E-state index >= 15 is 0 Å². The molecule has 4 nitrogen and oxygen atoms in total. The molecule has 94 valence electrons. The third kappa shape index (κ3) is 1.34. The zero-order valence-electron chi connectivity index (χ0n) is 10.4. The van der Waals surface area contributed by atoms with Crippen LogP contribution in [0.15, 0.2) is 16.7 Å². The number of amides is 2. The van der Waals surface area contributed by atoms with E-state index in [9.17, 15) is 9.59 Å². The topological polar surface area (TPSA) is 50.3 Å². The Bertz CT molecular complexity index is 558. The number of piperidine rings is 1. The second kappa shape index (κ2) is 3.41. The van der Waals surface area contributed by atoms with Crippen molar-refractivity contribution in [3.05, 3.63) is 22.3 Å². The Morgan fingerprint density at radius 3 is 2.33 bits per heavy atom. The molecule has 0 N–H and O–H groups in total. The van der Waals surface area contributed by atoms with Crippen molar-refractivity contribution in [2.45, 2.75) is 20.8 Å². The molecule has 1 aromatic rings. The van der Waals surface area contributed by atoms with Gasteiger partial charge in [0.1, 0.15) is 5.82 Å². The molecule has 0 aromatic carbocycles. The van der Waals surface area contributed by atoms with E-state index in [1.54, 1.807) is 6.20 Å². The van der Waals surface area contributed by atoms with Gasteiger partial charge >= 0.3 is 0 Å². The van der Waals surface area contributed by atoms with E-state index in [0.717, 1.165) is 10.0 Å². The van der Waals surface area contributed by atoms with Gasteiger partial charge in [-0.05, 0) is 39.9 Å². The first-order valence-corrected chi connectivity index (χ1v) is 6.65. The van der Waals surface area contributed by atoms with Crippen LogP contribution in [0.5, 0.6) is 0 Å². The van der Waals surface area contributed by atoms with Gasteiger partial charge in [-0.1, -0.05) is 13.8 Å². The largest absolute Gasteiger partial charge is 0.274 e. The first-order chi connectivity index (χ1) is 8.35. The van der Waals surface area contributed by atoms with E-state index in [2.05, 4.69) is 20.9 Å². The fourth-order valence-corrected chi connectivity index (χ4v) is 3.37. The van der Waals surface area contributed by atoms with Gasteiger partial charge in [-0.2, -0.15) is 0 Å². The van der Waals surface area contributed by atoms with E-state index in [0.29, 0.717) is 5.82 Å². The third-order valence-electron chi connectivity index (χ3n) is 4.03. The summed E-state index contributed by atoms with van der Waals surface area (Å²) >= 11 is 3.32. The van der Waals surface area contributed by atoms with Crippen LogP contribution in [-0.2, 0) is 9.59 Å². The fraction of sp³-hybridized carbons (Fsp3) is 0.462. The summed E-state index contributed by atoms with van der Waals surface area (Å²) in [4.78, 5) is 30.0. The Kier molecular flexibility index (Phi) is 2.24. The average Bonchev–Trinajstić information content (AvgIpc) is 2.72. The van der Waals surface area contributed by atoms with E-state index in [-0.39, 0.29) is 29.1 Å². The molecular weight excluding hydrogens is 296 g/mol. The number of carbonyl (C=O) groups is 2. The Morgan fingerprint density at radius 2 is 1.83 bits per heavy atom. The van der Waals surface area contributed by atoms with Crippen LogP contribution >= 0.6 is 15.9 Å². The van der Waals surface area contributed by atoms with Crippen LogP contribution in [0.4, 0.5) is 5.82 Å². The summed E-state index contributed by atoms with van der Waals surface area (Å²) in [5, 5.41) is 0. The standard InChI is InChI=1S/C13H13BrN2O2/c1-6-4-7(14)5-15-10(6)16-11(17)8-9(12(16)18)13(8,2)3/h4-5,8-9H,1-3H3. The summed E-state index contributed by atoms with van der Waals surface area (Å²) in [6, 6.07) is 1.86. The molecule has 1 aromatic heterocycles. The predicted octanol–water partition coefficient (Wildman–Crippen LogP) is 2.30. The fourth-order valence-electron chi connectivity index (χ4n) is 2.92. The molecule has 0 spiro atoms. The summed E-state index contributed by atoms with van der Waals surface area (Å²) in [6.45, 7) is 5.79. The number of pyridine rings is 1. The predicted molar refractivity (Wildman–Crippen MR) is 69.9 cm³/mol. The van der Waals surface area contributed by atoms with Gasteiger partial charge in [0.15, 0.2) is 0 Å². The second-order valence-corrected chi connectivity index (χ2v) is 6.50. The maximum Gasteiger partial charge on any atom is 0.239 e. The van der Waals surface area contributed by atoms with Gasteiger partial charge in [-0.3, -0.25) is 9.59 Å². The highest BCUT2D eigenvalue weighted by molar-refractivity contribution is 9.10. The first-order valence-electron chi connectivity index (χ1n) is 5.85. The number of halogens is 1. The SMILES string of the molecule is Cc1cc(Br)cnc1N1C(=O)C2C(C1=O)C2(C)C. The Labute approximate surface area is 114 Å². The number of aryl methyl sites for hydroxylation is 1. The number of aromatic nitrogens is 1. The lowest BCUT2D eigenvalue weighted by molar-refractivity contribution is -0.125. The quantitative estimate of drug-likeness (QED) is 0.748. The van der Waals surface area contributed by atoms with Gasteiger partial charge < -0.3 is 0 Å². The molecule has 2 atom stereocenters. The van der Waals surface area contributed by atoms with E-state index < -0.39 is 0 Å². The highest BCUT2D eigenvalue weighted by Gasteiger charge is 2.73. The molecule has 1 saturated heterocycles. The maximum atomic E-state index is 12.3. The van der Waals surface area contributed by atoms with Gasteiger partial charge in [0.2, 0.25) is 11.8 Å². The smallest absolute Gasteiger partial charge is 0.239 e. The molecule has 0 radical (unpaired) electrons. The van der Waals surface area contributed by atoms with Crippen molar-refractivity contribution < 1.29 is 9.59 Å². The minimum atomic E-state index is -0.173. The maximum absolute atomic E-state index is 12.3. The number of rotatable bonds is 1. The molecule has 5 heteroatoms. The molecule has 1 aliphatic heterocycles. The Morgan fingerprint density at radius 1 is 1.28 bits per heavy atom. The number of hydrogen-bond donors (Lipinski definition) is 0. The molecular formula is C13H13BrN2O2. The lowest BCUT2D eigenvalue weighted by Gasteiger charge is -2.21. The molecule has 2 fully saturated rings. The number of imide groups is 1. The van der Waals surface area contributed by atoms with Crippen LogP contribution in [0.1, 0.15) is 19.4 Å². The van der Waals surface area contributed by atoms with Crippen LogP contribution in [0.2, 0.25) is 0 Å². The highest BCUT2D eigenvalue weighted by Crippen LogP contribution is 2.63. The van der Waals surface area contributed by atoms with Crippen LogP contribution in [0.25, 0.3) is 0 Å². The highest BCUT2D eigenvalue weighted by atomic mass is 79.9. The summed E-state index contributed by atoms with van der Waals surface area (Å²) in [6.07, 6.45) is 1.61. The summed E-state index contributed by atoms with van der Waals surface area (Å²) < 4.78 is 0.841. The van der Waals surface area contributed by atoms with Crippen LogP contribution < -0.4 is 4.90 Å². The van der Waals surface area contributed by atoms with Crippen molar-refractivity contribution in [1.29, 1.82) is 0 Å². The average molecular weight is 309 g/mol. The molecule has 1 aliphatic carbocycles. The van der Waals surface area contributed by atoms with E-state index in [4.69, 9.17) is 0 Å². The molecule has 2 amide bonds. The number of hydrogen-bond acceptors (Lipinski definition) is 3. The van der Waals surface area contributed by atoms with Crippen molar-refractivity contribution in [3.8, 4) is 0 Å². The summed E-state index contributed by atoms with van der Waals surface area (Å²) in [5.41, 5.74) is 0.652. The lowest BCUT2D eigenvalue weighted by Crippen LogP contribution is -2.37. The number of nitrogens with zero attached hydrogens (tertiary/aromatic N) is 2. The summed E-state index contributed by atoms with van der Waals surface area (Å²) in [7, 11) is 0. The third-order valence-corrected chi connectivity index (χ3v) is 4.46. The van der Waals surface area contributed by atoms with Gasteiger partial charge in [0.25, 0.3) is 0 Å². The van der Waals surface area contributed by atoms with Crippen LogP contribution in [-0.4, -0.2) is 16.8 Å². The zero-order chi connectivity index (χ0) is 13.2. The van der Waals surface area contributed by atoms with Crippen LogP contribution in [0.3, 0.4) is 0 Å². The van der Waals surface area contributed by atoms with Crippen molar-refractivity contribution >= 4 is 33.6 Å². The molecule has 0 bridgehead atoms. The van der Waals surface area contributed by atoms with Gasteiger partial charge in [0.05, 0.1) is 11.8 Å². The minimum absolute atomic E-state index is 0.104. The molecule has 3 rings (SSSR count). The van der Waals surface area contributed by atoms with Crippen molar-refractivity contribution in [2.24, 2.45) is 17.3 Å². The molecule has 2 heterocycles. The monoisotopic (exact) mass is 308 g/mol. The Balaban J connectivity index is 2.01. The van der Waals surface area contributed by atoms with Crippen molar-refractivity contribution in [2.75, 3.05) is 4.90 Å². The van der Waals surface area contributed by atoms with E-state index in [1.807, 2.05) is 26.8 Å². The molecule has 1 saturated carbocycles. The van der Waals surface area contributed by atoms with Gasteiger partial charge in [0, 0.05) is 10.7 Å². The second-order valence-electron chi connectivity index (χ2n) is 5.58. The Hall–Kier alpha value is -1.23. The molecule has 2 aliphatic rings. The first kappa shape index (κ1) is 11.8. The lowest BCUT2D eigenvalue weighted by atomic mass is 10.1. The summed E-state index contributed by atoms with van der Waals surface area (Å²) in [5.74, 6) is -0.0539. The van der Waals surface area contributed by atoms with Gasteiger partial charge in [-0.25, -0.2) is 9.88 Å².